The van der Waals surface area contributed by atoms with Gasteiger partial charge in [-0.2, -0.15) is 11.3 Å². The van der Waals surface area contributed by atoms with Crippen molar-refractivity contribution in [1.82, 2.24) is 5.32 Å². The first kappa shape index (κ1) is 14.7. The molecule has 106 valence electrons. The molecular formula is C15H17NO3S. The van der Waals surface area contributed by atoms with Crippen LogP contribution < -0.4 is 5.32 Å². The summed E-state index contributed by atoms with van der Waals surface area (Å²) in [6, 6.07) is 9.06. The quantitative estimate of drug-likeness (QED) is 0.859. The number of aliphatic hydroxyl groups excluding tert-OH is 1. The zero-order chi connectivity index (χ0) is 14.4. The summed E-state index contributed by atoms with van der Waals surface area (Å²) in [5, 5.41) is 16.4. The summed E-state index contributed by atoms with van der Waals surface area (Å²) in [6.07, 6.45) is -0.669. The first-order valence-electron chi connectivity index (χ1n) is 6.27. The highest BCUT2D eigenvalue weighted by atomic mass is 32.1. The molecule has 2 N–H and O–H groups in total. The fraction of sp³-hybridized carbons (Fsp3) is 0.267. The van der Waals surface area contributed by atoms with Crippen molar-refractivity contribution in [3.05, 3.63) is 57.8 Å². The van der Waals surface area contributed by atoms with Crippen LogP contribution in [0.4, 0.5) is 0 Å². The van der Waals surface area contributed by atoms with Gasteiger partial charge >= 0.3 is 0 Å². The Hall–Kier alpha value is -1.69. The molecule has 4 nitrogen and oxygen atoms in total. The van der Waals surface area contributed by atoms with E-state index < -0.39 is 6.10 Å². The van der Waals surface area contributed by atoms with E-state index in [2.05, 4.69) is 5.32 Å². The van der Waals surface area contributed by atoms with Crippen LogP contribution in [0.25, 0.3) is 0 Å². The predicted octanol–water partition coefficient (Wildman–Crippen LogP) is 2.36. The van der Waals surface area contributed by atoms with Gasteiger partial charge in [0.1, 0.15) is 0 Å². The second kappa shape index (κ2) is 7.19. The lowest BCUT2D eigenvalue weighted by molar-refractivity contribution is 0.0916. The maximum absolute atomic E-state index is 11.9. The molecule has 1 heterocycles. The Labute approximate surface area is 122 Å². The number of nitrogens with one attached hydrogen (secondary N) is 1. The summed E-state index contributed by atoms with van der Waals surface area (Å²) in [5.41, 5.74) is 2.41. The number of amides is 1. The number of rotatable bonds is 6. The predicted molar refractivity (Wildman–Crippen MR) is 78.8 cm³/mol. The molecule has 0 radical (unpaired) electrons. The molecule has 2 aromatic rings. The number of methoxy groups -OCH3 is 1. The molecule has 1 unspecified atom stereocenters. The molecule has 0 fully saturated rings. The standard InChI is InChI=1S/C15H17NO3S/c1-19-9-11-2-4-12(5-3-11)15(18)16-8-14(17)13-6-7-20-10-13/h2-7,10,14,17H,8-9H2,1H3,(H,16,18). The van der Waals surface area contributed by atoms with Gasteiger partial charge in [0.15, 0.2) is 0 Å². The third-order valence-electron chi connectivity index (χ3n) is 2.91. The van der Waals surface area contributed by atoms with E-state index in [0.29, 0.717) is 12.2 Å². The fourth-order valence-corrected chi connectivity index (χ4v) is 2.50. The van der Waals surface area contributed by atoms with Crippen molar-refractivity contribution in [2.75, 3.05) is 13.7 Å². The van der Waals surface area contributed by atoms with E-state index in [4.69, 9.17) is 4.74 Å². The molecule has 0 bridgehead atoms. The second-order valence-electron chi connectivity index (χ2n) is 4.41. The molecule has 2 rings (SSSR count). The van der Waals surface area contributed by atoms with Crippen molar-refractivity contribution >= 4 is 17.2 Å². The van der Waals surface area contributed by atoms with E-state index >= 15 is 0 Å². The van der Waals surface area contributed by atoms with Crippen LogP contribution in [0.2, 0.25) is 0 Å². The van der Waals surface area contributed by atoms with Gasteiger partial charge in [-0.25, -0.2) is 0 Å². The van der Waals surface area contributed by atoms with E-state index in [0.717, 1.165) is 11.1 Å². The Balaban J connectivity index is 1.88. The van der Waals surface area contributed by atoms with Crippen LogP contribution in [-0.2, 0) is 11.3 Å². The highest BCUT2D eigenvalue weighted by molar-refractivity contribution is 7.07. The normalized spacial score (nSPS) is 12.1. The topological polar surface area (TPSA) is 58.6 Å². The fourth-order valence-electron chi connectivity index (χ4n) is 1.79. The van der Waals surface area contributed by atoms with Crippen molar-refractivity contribution in [3.8, 4) is 0 Å². The van der Waals surface area contributed by atoms with E-state index in [9.17, 15) is 9.90 Å². The van der Waals surface area contributed by atoms with E-state index in [1.165, 1.54) is 11.3 Å². The van der Waals surface area contributed by atoms with Gasteiger partial charge in [-0.05, 0) is 40.1 Å². The van der Waals surface area contributed by atoms with Crippen molar-refractivity contribution < 1.29 is 14.6 Å². The van der Waals surface area contributed by atoms with Crippen LogP contribution in [0.1, 0.15) is 27.6 Å². The maximum atomic E-state index is 11.9. The number of ether oxygens (including phenoxy) is 1. The molecule has 1 aromatic heterocycles. The Bertz CT molecular complexity index is 537. The van der Waals surface area contributed by atoms with Gasteiger partial charge in [0.25, 0.3) is 5.91 Å². The molecule has 0 aliphatic heterocycles. The average Bonchev–Trinajstić information content (AvgIpc) is 3.00. The van der Waals surface area contributed by atoms with Crippen LogP contribution in [0.15, 0.2) is 41.1 Å². The zero-order valence-electron chi connectivity index (χ0n) is 11.2. The van der Waals surface area contributed by atoms with Crippen LogP contribution in [0.5, 0.6) is 0 Å². The summed E-state index contributed by atoms with van der Waals surface area (Å²) >= 11 is 1.52. The van der Waals surface area contributed by atoms with Crippen molar-refractivity contribution in [3.63, 3.8) is 0 Å². The van der Waals surface area contributed by atoms with Gasteiger partial charge < -0.3 is 15.2 Å². The summed E-state index contributed by atoms with van der Waals surface area (Å²) in [4.78, 5) is 11.9. The molecule has 1 aromatic carbocycles. The number of carbonyl (C=O) groups is 1. The minimum Gasteiger partial charge on any atom is -0.387 e. The molecule has 0 aliphatic rings. The number of hydrogen-bond acceptors (Lipinski definition) is 4. The molecule has 5 heteroatoms. The van der Waals surface area contributed by atoms with Gasteiger partial charge in [-0.15, -0.1) is 0 Å². The molecule has 1 atom stereocenters. The number of thiophene rings is 1. The lowest BCUT2D eigenvalue weighted by atomic mass is 10.1. The second-order valence-corrected chi connectivity index (χ2v) is 5.19. The Morgan fingerprint density at radius 2 is 2.10 bits per heavy atom. The largest absolute Gasteiger partial charge is 0.387 e. The van der Waals surface area contributed by atoms with Gasteiger partial charge in [0, 0.05) is 19.2 Å². The van der Waals surface area contributed by atoms with Gasteiger partial charge in [0.05, 0.1) is 12.7 Å². The SMILES string of the molecule is COCc1ccc(C(=O)NCC(O)c2ccsc2)cc1. The first-order chi connectivity index (χ1) is 9.70. The first-order valence-corrected chi connectivity index (χ1v) is 7.21. The molecule has 0 spiro atoms. The Morgan fingerprint density at radius 1 is 1.35 bits per heavy atom. The number of benzene rings is 1. The summed E-state index contributed by atoms with van der Waals surface area (Å²) < 4.78 is 5.02. The highest BCUT2D eigenvalue weighted by Crippen LogP contribution is 2.15. The summed E-state index contributed by atoms with van der Waals surface area (Å²) in [6.45, 7) is 0.730. The third kappa shape index (κ3) is 3.90. The maximum Gasteiger partial charge on any atom is 0.251 e. The van der Waals surface area contributed by atoms with Crippen LogP contribution in [0.3, 0.4) is 0 Å². The Kier molecular flexibility index (Phi) is 5.29. The van der Waals surface area contributed by atoms with Crippen LogP contribution in [0, 0.1) is 0 Å². The van der Waals surface area contributed by atoms with Crippen molar-refractivity contribution in [2.24, 2.45) is 0 Å². The summed E-state index contributed by atoms with van der Waals surface area (Å²) in [7, 11) is 1.63. The lowest BCUT2D eigenvalue weighted by Crippen LogP contribution is -2.28. The number of carbonyl (C=O) groups excluding carboxylic acids is 1. The molecular weight excluding hydrogens is 274 g/mol. The van der Waals surface area contributed by atoms with E-state index in [-0.39, 0.29) is 12.5 Å². The molecule has 0 aliphatic carbocycles. The lowest BCUT2D eigenvalue weighted by Gasteiger charge is -2.10. The van der Waals surface area contributed by atoms with Crippen molar-refractivity contribution in [1.29, 1.82) is 0 Å². The van der Waals surface area contributed by atoms with Gasteiger partial charge in [-0.1, -0.05) is 12.1 Å². The van der Waals surface area contributed by atoms with E-state index in [1.807, 2.05) is 29.0 Å². The third-order valence-corrected chi connectivity index (χ3v) is 3.61. The van der Waals surface area contributed by atoms with Crippen LogP contribution >= 0.6 is 11.3 Å². The minimum atomic E-state index is -0.669. The average molecular weight is 291 g/mol. The van der Waals surface area contributed by atoms with Gasteiger partial charge in [-0.3, -0.25) is 4.79 Å². The molecule has 20 heavy (non-hydrogen) atoms. The van der Waals surface area contributed by atoms with E-state index in [1.54, 1.807) is 19.2 Å². The minimum absolute atomic E-state index is 0.191. The summed E-state index contributed by atoms with van der Waals surface area (Å²) in [5.74, 6) is -0.191. The van der Waals surface area contributed by atoms with Gasteiger partial charge in [0.2, 0.25) is 0 Å². The monoisotopic (exact) mass is 291 g/mol. The molecule has 0 saturated carbocycles. The number of aliphatic hydroxyl groups is 1. The smallest absolute Gasteiger partial charge is 0.251 e. The van der Waals surface area contributed by atoms with Crippen LogP contribution in [-0.4, -0.2) is 24.7 Å². The molecule has 1 amide bonds. The zero-order valence-corrected chi connectivity index (χ0v) is 12.0. The highest BCUT2D eigenvalue weighted by Gasteiger charge is 2.11. The molecule has 0 saturated heterocycles. The number of hydrogen-bond donors (Lipinski definition) is 2. The Morgan fingerprint density at radius 3 is 2.70 bits per heavy atom. The van der Waals surface area contributed by atoms with Crippen molar-refractivity contribution in [2.45, 2.75) is 12.7 Å².